The molecule has 100 valence electrons. The molecule has 0 radical (unpaired) electrons. The van der Waals surface area contributed by atoms with E-state index < -0.39 is 0 Å². The second-order valence-corrected chi connectivity index (χ2v) is 4.69. The van der Waals surface area contributed by atoms with Gasteiger partial charge in [-0.3, -0.25) is 4.79 Å². The van der Waals surface area contributed by atoms with Gasteiger partial charge in [-0.25, -0.2) is 0 Å². The Bertz CT molecular complexity index is 711. The maximum Gasteiger partial charge on any atom is 0.267 e. The van der Waals surface area contributed by atoms with Crippen LogP contribution in [0.5, 0.6) is 0 Å². The number of amides is 1. The van der Waals surface area contributed by atoms with Gasteiger partial charge in [-0.15, -0.1) is 0 Å². The highest BCUT2D eigenvalue weighted by atomic mass is 16.1. The third kappa shape index (κ3) is 2.49. The molecule has 1 amide bonds. The second-order valence-electron chi connectivity index (χ2n) is 4.69. The summed E-state index contributed by atoms with van der Waals surface area (Å²) in [5, 5.41) is 3.92. The average molecular weight is 265 g/mol. The molecule has 0 aliphatic heterocycles. The summed E-state index contributed by atoms with van der Waals surface area (Å²) >= 11 is 0. The first-order valence-electron chi connectivity index (χ1n) is 6.43. The number of fused-ring (bicyclic) bond motifs is 1. The number of nitrogens with two attached hydrogens (primary N) is 1. The molecule has 0 saturated carbocycles. The Morgan fingerprint density at radius 1 is 1.10 bits per heavy atom. The molecule has 0 atom stereocenters. The van der Waals surface area contributed by atoms with Crippen LogP contribution in [0.25, 0.3) is 10.9 Å². The number of nitrogens with one attached hydrogen (secondary N) is 2. The highest BCUT2D eigenvalue weighted by Crippen LogP contribution is 2.14. The van der Waals surface area contributed by atoms with Gasteiger partial charge >= 0.3 is 0 Å². The Balaban J connectivity index is 1.71. The molecule has 0 aliphatic rings. The zero-order valence-corrected chi connectivity index (χ0v) is 10.9. The minimum Gasteiger partial charge on any atom is -0.399 e. The van der Waals surface area contributed by atoms with Crippen molar-refractivity contribution in [2.75, 3.05) is 5.73 Å². The van der Waals surface area contributed by atoms with Crippen molar-refractivity contribution >= 4 is 22.5 Å². The third-order valence-electron chi connectivity index (χ3n) is 3.21. The summed E-state index contributed by atoms with van der Waals surface area (Å²) in [6.07, 6.45) is 0. The first-order valence-corrected chi connectivity index (χ1v) is 6.43. The van der Waals surface area contributed by atoms with Crippen molar-refractivity contribution in [2.24, 2.45) is 0 Å². The van der Waals surface area contributed by atoms with Crippen molar-refractivity contribution in [3.63, 3.8) is 0 Å². The number of carbonyl (C=O) groups excluding carboxylic acids is 1. The van der Waals surface area contributed by atoms with Crippen LogP contribution in [0.4, 0.5) is 5.69 Å². The highest BCUT2D eigenvalue weighted by Gasteiger charge is 2.08. The lowest BCUT2D eigenvalue weighted by Crippen LogP contribution is -2.23. The average Bonchev–Trinajstić information content (AvgIpc) is 2.90. The summed E-state index contributed by atoms with van der Waals surface area (Å²) in [5.41, 5.74) is 8.89. The standard InChI is InChI=1S/C16H15N3O/c17-13-7-5-11(6-8-13)10-18-16(20)15-9-12-3-1-2-4-14(12)19-15/h1-9,19H,10,17H2,(H,18,20). The molecule has 4 N–H and O–H groups in total. The summed E-state index contributed by atoms with van der Waals surface area (Å²) in [7, 11) is 0. The number of rotatable bonds is 3. The van der Waals surface area contributed by atoms with Gasteiger partial charge in [0.2, 0.25) is 0 Å². The largest absolute Gasteiger partial charge is 0.399 e. The van der Waals surface area contributed by atoms with E-state index in [1.807, 2.05) is 54.6 Å². The topological polar surface area (TPSA) is 70.9 Å². The molecular weight excluding hydrogens is 250 g/mol. The highest BCUT2D eigenvalue weighted by molar-refractivity contribution is 5.97. The van der Waals surface area contributed by atoms with E-state index in [9.17, 15) is 4.79 Å². The van der Waals surface area contributed by atoms with Crippen LogP contribution in [0.3, 0.4) is 0 Å². The lowest BCUT2D eigenvalue weighted by atomic mass is 10.2. The minimum absolute atomic E-state index is 0.113. The van der Waals surface area contributed by atoms with Crippen molar-refractivity contribution in [1.82, 2.24) is 10.3 Å². The SMILES string of the molecule is Nc1ccc(CNC(=O)c2cc3ccccc3[nH]2)cc1. The molecule has 0 spiro atoms. The first kappa shape index (κ1) is 12.3. The van der Waals surface area contributed by atoms with E-state index in [0.717, 1.165) is 22.2 Å². The zero-order valence-electron chi connectivity index (χ0n) is 10.9. The molecule has 3 rings (SSSR count). The predicted octanol–water partition coefficient (Wildman–Crippen LogP) is 2.68. The van der Waals surface area contributed by atoms with Crippen molar-refractivity contribution in [3.8, 4) is 0 Å². The quantitative estimate of drug-likeness (QED) is 0.637. The smallest absolute Gasteiger partial charge is 0.267 e. The molecule has 2 aromatic carbocycles. The molecule has 0 saturated heterocycles. The van der Waals surface area contributed by atoms with Gasteiger partial charge in [-0.1, -0.05) is 30.3 Å². The molecule has 1 heterocycles. The lowest BCUT2D eigenvalue weighted by molar-refractivity contribution is 0.0947. The Kier molecular flexibility index (Phi) is 3.13. The molecule has 1 aromatic heterocycles. The molecule has 0 fully saturated rings. The van der Waals surface area contributed by atoms with Gasteiger partial charge in [0.1, 0.15) is 5.69 Å². The van der Waals surface area contributed by atoms with E-state index in [2.05, 4.69) is 10.3 Å². The fourth-order valence-corrected chi connectivity index (χ4v) is 2.11. The molecule has 4 nitrogen and oxygen atoms in total. The van der Waals surface area contributed by atoms with E-state index in [1.165, 1.54) is 0 Å². The number of hydrogen-bond donors (Lipinski definition) is 3. The van der Waals surface area contributed by atoms with Crippen LogP contribution in [-0.2, 0) is 6.54 Å². The number of para-hydroxylation sites is 1. The van der Waals surface area contributed by atoms with Crippen molar-refractivity contribution in [1.29, 1.82) is 0 Å². The predicted molar refractivity (Wildman–Crippen MR) is 80.3 cm³/mol. The van der Waals surface area contributed by atoms with Crippen LogP contribution >= 0.6 is 0 Å². The number of anilines is 1. The Hall–Kier alpha value is -2.75. The van der Waals surface area contributed by atoms with Crippen LogP contribution in [0.15, 0.2) is 54.6 Å². The minimum atomic E-state index is -0.113. The Labute approximate surface area is 116 Å². The number of nitrogen functional groups attached to an aromatic ring is 1. The van der Waals surface area contributed by atoms with Gasteiger partial charge in [-0.2, -0.15) is 0 Å². The molecule has 0 unspecified atom stereocenters. The van der Waals surface area contributed by atoms with E-state index in [0.29, 0.717) is 12.2 Å². The van der Waals surface area contributed by atoms with Crippen LogP contribution in [0, 0.1) is 0 Å². The lowest BCUT2D eigenvalue weighted by Gasteiger charge is -2.04. The van der Waals surface area contributed by atoms with E-state index in [4.69, 9.17) is 5.73 Å². The number of benzene rings is 2. The van der Waals surface area contributed by atoms with E-state index >= 15 is 0 Å². The number of aromatic nitrogens is 1. The number of aromatic amines is 1. The van der Waals surface area contributed by atoms with Crippen molar-refractivity contribution in [3.05, 3.63) is 65.9 Å². The number of H-pyrrole nitrogens is 1. The van der Waals surface area contributed by atoms with Gasteiger partial charge < -0.3 is 16.0 Å². The fraction of sp³-hybridized carbons (Fsp3) is 0.0625. The molecular formula is C16H15N3O. The Morgan fingerprint density at radius 2 is 1.85 bits per heavy atom. The van der Waals surface area contributed by atoms with Crippen LogP contribution < -0.4 is 11.1 Å². The maximum atomic E-state index is 12.1. The normalized spacial score (nSPS) is 10.6. The van der Waals surface area contributed by atoms with Gasteiger partial charge in [0, 0.05) is 23.1 Å². The summed E-state index contributed by atoms with van der Waals surface area (Å²) in [4.78, 5) is 15.2. The van der Waals surface area contributed by atoms with Crippen molar-refractivity contribution in [2.45, 2.75) is 6.54 Å². The number of carbonyl (C=O) groups is 1. The molecule has 4 heteroatoms. The monoisotopic (exact) mass is 265 g/mol. The summed E-state index contributed by atoms with van der Waals surface area (Å²) < 4.78 is 0. The van der Waals surface area contributed by atoms with Gasteiger partial charge in [0.15, 0.2) is 0 Å². The zero-order chi connectivity index (χ0) is 13.9. The fourth-order valence-electron chi connectivity index (χ4n) is 2.11. The van der Waals surface area contributed by atoms with Crippen LogP contribution in [0.2, 0.25) is 0 Å². The molecule has 0 bridgehead atoms. The number of hydrogen-bond acceptors (Lipinski definition) is 2. The van der Waals surface area contributed by atoms with Crippen LogP contribution in [-0.4, -0.2) is 10.9 Å². The van der Waals surface area contributed by atoms with Crippen molar-refractivity contribution < 1.29 is 4.79 Å². The summed E-state index contributed by atoms with van der Waals surface area (Å²) in [6.45, 7) is 0.481. The van der Waals surface area contributed by atoms with E-state index in [1.54, 1.807) is 0 Å². The first-order chi connectivity index (χ1) is 9.72. The van der Waals surface area contributed by atoms with Crippen LogP contribution in [0.1, 0.15) is 16.1 Å². The van der Waals surface area contributed by atoms with E-state index in [-0.39, 0.29) is 5.91 Å². The van der Waals surface area contributed by atoms with Gasteiger partial charge in [0.05, 0.1) is 0 Å². The second kappa shape index (κ2) is 5.09. The molecule has 0 aliphatic carbocycles. The van der Waals surface area contributed by atoms with Gasteiger partial charge in [0.25, 0.3) is 5.91 Å². The van der Waals surface area contributed by atoms with Gasteiger partial charge in [-0.05, 0) is 29.8 Å². The summed E-state index contributed by atoms with van der Waals surface area (Å²) in [6, 6.07) is 17.1. The Morgan fingerprint density at radius 3 is 2.60 bits per heavy atom. The third-order valence-corrected chi connectivity index (χ3v) is 3.21. The summed E-state index contributed by atoms with van der Waals surface area (Å²) in [5.74, 6) is -0.113. The maximum absolute atomic E-state index is 12.1. The molecule has 3 aromatic rings. The molecule has 20 heavy (non-hydrogen) atoms.